The number of nitrogens with two attached hydrogens (primary N) is 1. The van der Waals surface area contributed by atoms with Crippen LogP contribution in [0.5, 0.6) is 0 Å². The quantitative estimate of drug-likeness (QED) is 0.765. The van der Waals surface area contributed by atoms with Crippen LogP contribution < -0.4 is 5.73 Å². The third-order valence-electron chi connectivity index (χ3n) is 3.12. The zero-order chi connectivity index (χ0) is 11.9. The van der Waals surface area contributed by atoms with E-state index in [0.29, 0.717) is 5.69 Å². The molecular weight excluding hydrogens is 190 g/mol. The molecule has 15 heavy (non-hydrogen) atoms. The van der Waals surface area contributed by atoms with E-state index >= 15 is 0 Å². The van der Waals surface area contributed by atoms with Gasteiger partial charge in [-0.25, -0.2) is 0 Å². The molecule has 0 saturated heterocycles. The van der Waals surface area contributed by atoms with Gasteiger partial charge in [0.2, 0.25) is 0 Å². The lowest BCUT2D eigenvalue weighted by Crippen LogP contribution is -2.51. The summed E-state index contributed by atoms with van der Waals surface area (Å²) in [7, 11) is 1.79. The summed E-state index contributed by atoms with van der Waals surface area (Å²) in [6.07, 6.45) is 1.76. The van der Waals surface area contributed by atoms with Gasteiger partial charge < -0.3 is 5.73 Å². The van der Waals surface area contributed by atoms with Gasteiger partial charge in [0.15, 0.2) is 5.78 Å². The van der Waals surface area contributed by atoms with Crippen molar-refractivity contribution in [1.82, 2.24) is 9.78 Å². The minimum absolute atomic E-state index is 0.0180. The summed E-state index contributed by atoms with van der Waals surface area (Å²) in [5.41, 5.74) is 5.28. The number of aryl methyl sites for hydroxylation is 1. The predicted octanol–water partition coefficient (Wildman–Crippen LogP) is 1.37. The molecule has 1 heterocycles. The number of Topliss-reactive ketones (excluding diaryl/α,β-unsaturated/α-hetero) is 1. The van der Waals surface area contributed by atoms with Gasteiger partial charge in [0.1, 0.15) is 5.69 Å². The Kier molecular flexibility index (Phi) is 2.74. The summed E-state index contributed by atoms with van der Waals surface area (Å²) in [5, 5.41) is 4.10. The molecule has 0 unspecified atom stereocenters. The lowest BCUT2D eigenvalue weighted by atomic mass is 9.71. The summed E-state index contributed by atoms with van der Waals surface area (Å²) >= 11 is 0. The summed E-state index contributed by atoms with van der Waals surface area (Å²) in [5.74, 6) is -0.0180. The molecule has 0 atom stereocenters. The largest absolute Gasteiger partial charge is 0.325 e. The molecule has 0 aliphatic heterocycles. The Morgan fingerprint density at radius 2 is 1.93 bits per heavy atom. The Morgan fingerprint density at radius 1 is 1.40 bits per heavy atom. The average Bonchev–Trinajstić information content (AvgIpc) is 2.48. The zero-order valence-corrected chi connectivity index (χ0v) is 10.0. The Hall–Kier alpha value is -1.16. The number of carbonyl (C=O) groups excluding carboxylic acids is 1. The molecule has 2 N–H and O–H groups in total. The van der Waals surface area contributed by atoms with E-state index in [4.69, 9.17) is 5.73 Å². The van der Waals surface area contributed by atoms with E-state index < -0.39 is 11.0 Å². The molecule has 0 fully saturated rings. The first-order chi connectivity index (χ1) is 6.66. The number of carbonyl (C=O) groups is 1. The van der Waals surface area contributed by atoms with Gasteiger partial charge >= 0.3 is 0 Å². The maximum Gasteiger partial charge on any atom is 0.190 e. The van der Waals surface area contributed by atoms with Crippen LogP contribution in [-0.4, -0.2) is 21.1 Å². The van der Waals surface area contributed by atoms with Crippen LogP contribution in [-0.2, 0) is 7.05 Å². The van der Waals surface area contributed by atoms with Crippen LogP contribution in [0.25, 0.3) is 0 Å². The van der Waals surface area contributed by atoms with Crippen molar-refractivity contribution in [3.8, 4) is 0 Å². The van der Waals surface area contributed by atoms with Crippen molar-refractivity contribution >= 4 is 5.78 Å². The first kappa shape index (κ1) is 11.9. The lowest BCUT2D eigenvalue weighted by molar-refractivity contribution is 0.0728. The Bertz CT molecular complexity index is 371. The van der Waals surface area contributed by atoms with E-state index in [9.17, 15) is 4.79 Å². The van der Waals surface area contributed by atoms with Crippen molar-refractivity contribution in [1.29, 1.82) is 0 Å². The highest BCUT2D eigenvalue weighted by Crippen LogP contribution is 2.31. The molecule has 1 aromatic rings. The van der Waals surface area contributed by atoms with Gasteiger partial charge in [-0.15, -0.1) is 0 Å². The normalized spacial score (nSPS) is 12.9. The molecule has 84 valence electrons. The monoisotopic (exact) mass is 209 g/mol. The molecule has 0 aliphatic carbocycles. The van der Waals surface area contributed by atoms with Crippen LogP contribution in [0.1, 0.15) is 38.2 Å². The Labute approximate surface area is 90.5 Å². The number of nitrogens with zero attached hydrogens (tertiary/aromatic N) is 2. The summed E-state index contributed by atoms with van der Waals surface area (Å²) in [6, 6.07) is 1.72. The van der Waals surface area contributed by atoms with Gasteiger partial charge in [-0.2, -0.15) is 5.10 Å². The molecule has 0 radical (unpaired) electrons. The van der Waals surface area contributed by atoms with Gasteiger partial charge in [-0.1, -0.05) is 13.8 Å². The fourth-order valence-corrected chi connectivity index (χ4v) is 1.15. The molecule has 0 aromatic carbocycles. The standard InChI is InChI=1S/C11H19N3O/c1-10(2,11(3,4)12)9(15)8-6-7-14(5)13-8/h6-7H,12H2,1-5H3. The van der Waals surface area contributed by atoms with Gasteiger partial charge in [0.25, 0.3) is 0 Å². The highest BCUT2D eigenvalue weighted by atomic mass is 16.1. The van der Waals surface area contributed by atoms with Crippen molar-refractivity contribution in [2.45, 2.75) is 33.2 Å². The van der Waals surface area contributed by atoms with Crippen molar-refractivity contribution in [2.75, 3.05) is 0 Å². The first-order valence-electron chi connectivity index (χ1n) is 4.99. The van der Waals surface area contributed by atoms with Gasteiger partial charge in [-0.05, 0) is 19.9 Å². The number of hydrogen-bond acceptors (Lipinski definition) is 3. The highest BCUT2D eigenvalue weighted by Gasteiger charge is 2.41. The first-order valence-corrected chi connectivity index (χ1v) is 4.99. The smallest absolute Gasteiger partial charge is 0.190 e. The second-order valence-electron chi connectivity index (χ2n) is 5.05. The van der Waals surface area contributed by atoms with E-state index in [1.165, 1.54) is 0 Å². The van der Waals surface area contributed by atoms with E-state index in [1.807, 2.05) is 27.7 Å². The van der Waals surface area contributed by atoms with Crippen molar-refractivity contribution in [2.24, 2.45) is 18.2 Å². The highest BCUT2D eigenvalue weighted by molar-refractivity contribution is 5.99. The van der Waals surface area contributed by atoms with Crippen LogP contribution in [0.2, 0.25) is 0 Å². The lowest BCUT2D eigenvalue weighted by Gasteiger charge is -2.36. The molecule has 1 rings (SSSR count). The number of ketones is 1. The molecular formula is C11H19N3O. The number of hydrogen-bond donors (Lipinski definition) is 1. The van der Waals surface area contributed by atoms with E-state index in [-0.39, 0.29) is 5.78 Å². The molecule has 0 saturated carbocycles. The molecule has 1 aromatic heterocycles. The van der Waals surface area contributed by atoms with Crippen LogP contribution in [0.15, 0.2) is 12.3 Å². The minimum atomic E-state index is -0.624. The third-order valence-corrected chi connectivity index (χ3v) is 3.12. The van der Waals surface area contributed by atoms with Crippen molar-refractivity contribution in [3.05, 3.63) is 18.0 Å². The number of rotatable bonds is 3. The minimum Gasteiger partial charge on any atom is -0.325 e. The summed E-state index contributed by atoms with van der Waals surface area (Å²) in [6.45, 7) is 7.41. The summed E-state index contributed by atoms with van der Waals surface area (Å²) < 4.78 is 1.62. The molecule has 0 spiro atoms. The number of aromatic nitrogens is 2. The molecule has 4 nitrogen and oxygen atoms in total. The van der Waals surface area contributed by atoms with Crippen LogP contribution in [0, 0.1) is 5.41 Å². The van der Waals surface area contributed by atoms with Gasteiger partial charge in [-0.3, -0.25) is 9.48 Å². The van der Waals surface area contributed by atoms with E-state index in [2.05, 4.69) is 5.10 Å². The second kappa shape index (κ2) is 3.45. The molecule has 0 aliphatic rings. The fourth-order valence-electron chi connectivity index (χ4n) is 1.15. The second-order valence-corrected chi connectivity index (χ2v) is 5.05. The maximum atomic E-state index is 12.2. The third kappa shape index (κ3) is 2.09. The van der Waals surface area contributed by atoms with E-state index in [1.54, 1.807) is 24.0 Å². The SMILES string of the molecule is Cn1ccc(C(=O)C(C)(C)C(C)(C)N)n1. The molecule has 0 amide bonds. The predicted molar refractivity (Wildman–Crippen MR) is 59.6 cm³/mol. The topological polar surface area (TPSA) is 60.9 Å². The maximum absolute atomic E-state index is 12.2. The Balaban J connectivity index is 3.05. The molecule has 4 heteroatoms. The van der Waals surface area contributed by atoms with Crippen molar-refractivity contribution in [3.63, 3.8) is 0 Å². The molecule has 0 bridgehead atoms. The fraction of sp³-hybridized carbons (Fsp3) is 0.636. The van der Waals surface area contributed by atoms with E-state index in [0.717, 1.165) is 0 Å². The van der Waals surface area contributed by atoms with Gasteiger partial charge in [0.05, 0.1) is 0 Å². The van der Waals surface area contributed by atoms with Crippen molar-refractivity contribution < 1.29 is 4.79 Å². The van der Waals surface area contributed by atoms with Crippen LogP contribution >= 0.6 is 0 Å². The summed E-state index contributed by atoms with van der Waals surface area (Å²) in [4.78, 5) is 12.2. The van der Waals surface area contributed by atoms with Gasteiger partial charge in [0, 0.05) is 24.2 Å². The van der Waals surface area contributed by atoms with Crippen LogP contribution in [0.4, 0.5) is 0 Å². The average molecular weight is 209 g/mol. The Morgan fingerprint density at radius 3 is 2.27 bits per heavy atom. The van der Waals surface area contributed by atoms with Crippen LogP contribution in [0.3, 0.4) is 0 Å². The zero-order valence-electron chi connectivity index (χ0n) is 10.0.